The Kier molecular flexibility index (Phi) is 8.23. The fraction of sp³-hybridized carbons (Fsp3) is 0.762. The second-order valence-electron chi connectivity index (χ2n) is 9.28. The van der Waals surface area contributed by atoms with Gasteiger partial charge in [-0.25, -0.2) is 4.79 Å². The minimum absolute atomic E-state index is 0.0283. The van der Waals surface area contributed by atoms with Gasteiger partial charge in [0.05, 0.1) is 12.1 Å². The average molecular weight is 396 g/mol. The molecule has 0 aromatic carbocycles. The molecule has 7 nitrogen and oxygen atoms in total. The molecule has 0 aliphatic carbocycles. The first-order valence-corrected chi connectivity index (χ1v) is 9.96. The van der Waals surface area contributed by atoms with Gasteiger partial charge in [0, 0.05) is 12.6 Å². The molecule has 0 radical (unpaired) electrons. The molecule has 160 valence electrons. The van der Waals surface area contributed by atoms with Crippen molar-refractivity contribution in [2.75, 3.05) is 20.6 Å². The van der Waals surface area contributed by atoms with Crippen LogP contribution >= 0.6 is 0 Å². The minimum Gasteiger partial charge on any atom is -0.478 e. The molecule has 1 rings (SSSR count). The molecule has 0 aromatic heterocycles. The number of nitrogens with zero attached hydrogens (tertiary/aromatic N) is 2. The van der Waals surface area contributed by atoms with E-state index in [0.29, 0.717) is 0 Å². The summed E-state index contributed by atoms with van der Waals surface area (Å²) in [4.78, 5) is 40.9. The summed E-state index contributed by atoms with van der Waals surface area (Å²) in [6, 6.07) is -1.28. The molecule has 0 saturated carbocycles. The quantitative estimate of drug-likeness (QED) is 0.645. The summed E-state index contributed by atoms with van der Waals surface area (Å²) in [5.41, 5.74) is -0.284. The number of aliphatic carboxylic acids is 1. The fourth-order valence-electron chi connectivity index (χ4n) is 3.56. The number of rotatable bonds is 7. The molecule has 1 fully saturated rings. The molecule has 0 unspecified atom stereocenters. The highest BCUT2D eigenvalue weighted by atomic mass is 16.4. The highest BCUT2D eigenvalue weighted by Gasteiger charge is 2.39. The summed E-state index contributed by atoms with van der Waals surface area (Å²) in [6.07, 6.45) is 3.37. The zero-order valence-electron chi connectivity index (χ0n) is 18.6. The van der Waals surface area contributed by atoms with Crippen LogP contribution in [-0.4, -0.2) is 71.5 Å². The molecule has 2 N–H and O–H groups in total. The smallest absolute Gasteiger partial charge is 0.331 e. The van der Waals surface area contributed by atoms with Gasteiger partial charge in [-0.2, -0.15) is 0 Å². The van der Waals surface area contributed by atoms with Gasteiger partial charge in [-0.05, 0) is 44.7 Å². The Balaban J connectivity index is 3.09. The molecular weight excluding hydrogens is 358 g/mol. The normalized spacial score (nSPS) is 20.8. The zero-order valence-corrected chi connectivity index (χ0v) is 18.6. The lowest BCUT2D eigenvalue weighted by molar-refractivity contribution is -0.141. The van der Waals surface area contributed by atoms with Gasteiger partial charge >= 0.3 is 5.97 Å². The maximum Gasteiger partial charge on any atom is 0.331 e. The SMILES string of the molecule is C/C(=C\[C@H](C(C)C)N(C)C(=O)[C@@H](NC(=O)[C@@H]1CCCN1C)C(C)(C)C)C(=O)O. The van der Waals surface area contributed by atoms with E-state index in [1.54, 1.807) is 18.0 Å². The van der Waals surface area contributed by atoms with Gasteiger partial charge in [0.1, 0.15) is 6.04 Å². The Morgan fingerprint density at radius 2 is 1.82 bits per heavy atom. The maximum absolute atomic E-state index is 13.3. The summed E-state index contributed by atoms with van der Waals surface area (Å²) in [5, 5.41) is 12.2. The van der Waals surface area contributed by atoms with Crippen molar-refractivity contribution in [3.63, 3.8) is 0 Å². The summed E-state index contributed by atoms with van der Waals surface area (Å²) >= 11 is 0. The third kappa shape index (κ3) is 6.06. The summed E-state index contributed by atoms with van der Waals surface area (Å²) in [5.74, 6) is -1.31. The number of hydrogen-bond donors (Lipinski definition) is 2. The fourth-order valence-corrected chi connectivity index (χ4v) is 3.56. The number of likely N-dealkylation sites (N-methyl/N-ethyl adjacent to an activating group) is 2. The van der Waals surface area contributed by atoms with E-state index in [0.717, 1.165) is 19.4 Å². The first-order chi connectivity index (χ1) is 12.8. The zero-order chi connectivity index (χ0) is 21.8. The molecule has 3 atom stereocenters. The van der Waals surface area contributed by atoms with Gasteiger partial charge in [0.25, 0.3) is 0 Å². The van der Waals surface area contributed by atoms with Crippen LogP contribution in [0.15, 0.2) is 11.6 Å². The predicted octanol–water partition coefficient (Wildman–Crippen LogP) is 2.13. The monoisotopic (exact) mass is 395 g/mol. The Labute approximate surface area is 169 Å². The van der Waals surface area contributed by atoms with Crippen LogP contribution in [0, 0.1) is 11.3 Å². The molecule has 28 heavy (non-hydrogen) atoms. The lowest BCUT2D eigenvalue weighted by Gasteiger charge is -2.38. The number of likely N-dealkylation sites (tertiary alicyclic amines) is 1. The van der Waals surface area contributed by atoms with Gasteiger partial charge in [-0.1, -0.05) is 40.7 Å². The van der Waals surface area contributed by atoms with Gasteiger partial charge in [-0.15, -0.1) is 0 Å². The van der Waals surface area contributed by atoms with E-state index in [4.69, 9.17) is 0 Å². The Morgan fingerprint density at radius 1 is 1.25 bits per heavy atom. The van der Waals surface area contributed by atoms with E-state index in [-0.39, 0.29) is 35.4 Å². The largest absolute Gasteiger partial charge is 0.478 e. The van der Waals surface area contributed by atoms with Crippen molar-refractivity contribution < 1.29 is 19.5 Å². The average Bonchev–Trinajstić information content (AvgIpc) is 3.00. The molecule has 0 spiro atoms. The maximum atomic E-state index is 13.3. The Bertz CT molecular complexity index is 622. The van der Waals surface area contributed by atoms with E-state index < -0.39 is 17.4 Å². The van der Waals surface area contributed by atoms with Gasteiger partial charge in [-0.3, -0.25) is 14.5 Å². The number of carboxylic acids is 1. The molecule has 1 aliphatic heterocycles. The van der Waals surface area contributed by atoms with Crippen molar-refractivity contribution >= 4 is 17.8 Å². The topological polar surface area (TPSA) is 90.0 Å². The van der Waals surface area contributed by atoms with Crippen LogP contribution in [0.1, 0.15) is 54.4 Å². The number of hydrogen-bond acceptors (Lipinski definition) is 4. The number of carboxylic acid groups (broad SMARTS) is 1. The summed E-state index contributed by atoms with van der Waals surface area (Å²) < 4.78 is 0. The van der Waals surface area contributed by atoms with Crippen molar-refractivity contribution in [3.05, 3.63) is 11.6 Å². The third-order valence-electron chi connectivity index (χ3n) is 5.46. The second-order valence-corrected chi connectivity index (χ2v) is 9.28. The van der Waals surface area contributed by atoms with E-state index in [9.17, 15) is 19.5 Å². The lowest BCUT2D eigenvalue weighted by atomic mass is 9.85. The van der Waals surface area contributed by atoms with Crippen LogP contribution in [0.2, 0.25) is 0 Å². The number of amides is 2. The Hall–Kier alpha value is -1.89. The molecule has 0 bridgehead atoms. The molecule has 2 amide bonds. The third-order valence-corrected chi connectivity index (χ3v) is 5.46. The van der Waals surface area contributed by atoms with Crippen LogP contribution in [0.25, 0.3) is 0 Å². The van der Waals surface area contributed by atoms with Crippen molar-refractivity contribution in [2.45, 2.75) is 72.5 Å². The lowest BCUT2D eigenvalue weighted by Crippen LogP contribution is -2.58. The van der Waals surface area contributed by atoms with Gasteiger partial charge < -0.3 is 15.3 Å². The van der Waals surface area contributed by atoms with Crippen LogP contribution < -0.4 is 5.32 Å². The molecular formula is C21H37N3O4. The number of carbonyl (C=O) groups excluding carboxylic acids is 2. The number of nitrogens with one attached hydrogen (secondary N) is 1. The first-order valence-electron chi connectivity index (χ1n) is 9.96. The van der Waals surface area contributed by atoms with Crippen LogP contribution in [0.3, 0.4) is 0 Å². The van der Waals surface area contributed by atoms with Crippen molar-refractivity contribution in [1.29, 1.82) is 0 Å². The minimum atomic E-state index is -1.00. The van der Waals surface area contributed by atoms with Crippen molar-refractivity contribution in [1.82, 2.24) is 15.1 Å². The Morgan fingerprint density at radius 3 is 2.21 bits per heavy atom. The molecule has 1 aliphatic rings. The van der Waals surface area contributed by atoms with Crippen LogP contribution in [0.4, 0.5) is 0 Å². The van der Waals surface area contributed by atoms with Crippen molar-refractivity contribution in [3.8, 4) is 0 Å². The van der Waals surface area contributed by atoms with Crippen LogP contribution in [0.5, 0.6) is 0 Å². The molecule has 7 heteroatoms. The molecule has 1 saturated heterocycles. The van der Waals surface area contributed by atoms with Gasteiger partial charge in [0.15, 0.2) is 0 Å². The predicted molar refractivity (Wildman–Crippen MR) is 110 cm³/mol. The molecule has 1 heterocycles. The summed E-state index contributed by atoms with van der Waals surface area (Å²) in [6.45, 7) is 12.0. The number of carbonyl (C=O) groups is 3. The first kappa shape index (κ1) is 24.1. The summed E-state index contributed by atoms with van der Waals surface area (Å²) in [7, 11) is 3.59. The highest BCUT2D eigenvalue weighted by molar-refractivity contribution is 5.91. The highest BCUT2D eigenvalue weighted by Crippen LogP contribution is 2.25. The van der Waals surface area contributed by atoms with Crippen molar-refractivity contribution in [2.24, 2.45) is 11.3 Å². The van der Waals surface area contributed by atoms with E-state index >= 15 is 0 Å². The van der Waals surface area contributed by atoms with Crippen LogP contribution in [-0.2, 0) is 14.4 Å². The van der Waals surface area contributed by atoms with E-state index in [1.807, 2.05) is 46.6 Å². The second kappa shape index (κ2) is 9.54. The standard InChI is InChI=1S/C21H37N3O4/c1-13(2)16(12-14(3)20(27)28)24(8)19(26)17(21(4,5)6)22-18(25)15-10-9-11-23(15)7/h12-13,15-17H,9-11H2,1-8H3,(H,22,25)(H,27,28)/b14-12+/t15-,16+,17+/m0/s1. The van der Waals surface area contributed by atoms with E-state index in [2.05, 4.69) is 5.32 Å². The molecule has 0 aromatic rings. The van der Waals surface area contributed by atoms with Gasteiger partial charge in [0.2, 0.25) is 11.8 Å². The van der Waals surface area contributed by atoms with E-state index in [1.165, 1.54) is 6.92 Å².